The first-order chi connectivity index (χ1) is 7.75. The molecule has 1 atom stereocenters. The summed E-state index contributed by atoms with van der Waals surface area (Å²) in [5, 5.41) is 15.8. The van der Waals surface area contributed by atoms with Crippen LogP contribution in [0.25, 0.3) is 0 Å². The molecule has 4 nitrogen and oxygen atoms in total. The van der Waals surface area contributed by atoms with E-state index in [1.54, 1.807) is 18.3 Å². The Labute approximate surface area is 95.1 Å². The highest BCUT2D eigenvalue weighted by Gasteiger charge is 2.14. The van der Waals surface area contributed by atoms with Crippen LogP contribution in [0.2, 0.25) is 0 Å². The number of benzene rings is 1. The summed E-state index contributed by atoms with van der Waals surface area (Å²) in [5.41, 5.74) is 0.738. The Hall–Kier alpha value is -1.55. The molecule has 0 spiro atoms. The molecule has 0 aromatic heterocycles. The van der Waals surface area contributed by atoms with Crippen LogP contribution in [0.5, 0.6) is 5.75 Å². The van der Waals surface area contributed by atoms with Gasteiger partial charge in [-0.3, -0.25) is 5.01 Å². The van der Waals surface area contributed by atoms with Crippen LogP contribution in [0, 0.1) is 0 Å². The molecule has 1 fully saturated rings. The van der Waals surface area contributed by atoms with Crippen LogP contribution in [-0.4, -0.2) is 42.1 Å². The molecule has 1 saturated heterocycles. The largest absolute Gasteiger partial charge is 0.507 e. The number of hydrazone groups is 1. The molecule has 1 unspecified atom stereocenters. The second-order valence-electron chi connectivity index (χ2n) is 3.90. The molecule has 0 bridgehead atoms. The van der Waals surface area contributed by atoms with E-state index in [1.807, 2.05) is 24.1 Å². The zero-order valence-electron chi connectivity index (χ0n) is 9.34. The summed E-state index contributed by atoms with van der Waals surface area (Å²) in [7, 11) is 0. The van der Waals surface area contributed by atoms with Gasteiger partial charge in [-0.1, -0.05) is 12.1 Å². The molecule has 1 aromatic rings. The third kappa shape index (κ3) is 2.73. The Bertz CT molecular complexity index is 379. The molecule has 1 aliphatic heterocycles. The van der Waals surface area contributed by atoms with Crippen LogP contribution in [0.15, 0.2) is 29.4 Å². The number of para-hydroxylation sites is 1. The maximum atomic E-state index is 9.56. The number of nitrogens with zero attached hydrogens (tertiary/aromatic N) is 2. The molecule has 2 rings (SSSR count). The van der Waals surface area contributed by atoms with E-state index in [-0.39, 0.29) is 11.9 Å². The van der Waals surface area contributed by atoms with Crippen LogP contribution in [0.1, 0.15) is 12.5 Å². The van der Waals surface area contributed by atoms with Gasteiger partial charge < -0.3 is 9.84 Å². The number of hydrogen-bond donors (Lipinski definition) is 1. The zero-order chi connectivity index (χ0) is 11.4. The molecule has 1 N–H and O–H groups in total. The predicted molar refractivity (Wildman–Crippen MR) is 62.7 cm³/mol. The fourth-order valence-corrected chi connectivity index (χ4v) is 1.65. The van der Waals surface area contributed by atoms with Crippen molar-refractivity contribution in [1.29, 1.82) is 0 Å². The van der Waals surface area contributed by atoms with Crippen molar-refractivity contribution in [3.63, 3.8) is 0 Å². The molecule has 0 amide bonds. The lowest BCUT2D eigenvalue weighted by molar-refractivity contribution is -0.0170. The summed E-state index contributed by atoms with van der Waals surface area (Å²) in [4.78, 5) is 0. The van der Waals surface area contributed by atoms with Gasteiger partial charge in [-0.2, -0.15) is 5.10 Å². The summed E-state index contributed by atoms with van der Waals surface area (Å²) in [5.74, 6) is 0.257. The van der Waals surface area contributed by atoms with Gasteiger partial charge in [0, 0.05) is 5.56 Å². The normalized spacial score (nSPS) is 21.6. The lowest BCUT2D eigenvalue weighted by atomic mass is 10.2. The highest BCUT2D eigenvalue weighted by atomic mass is 16.5. The molecule has 86 valence electrons. The number of phenolic OH excluding ortho intramolecular Hbond substituents is 1. The Morgan fingerprint density at radius 1 is 1.50 bits per heavy atom. The van der Waals surface area contributed by atoms with E-state index in [2.05, 4.69) is 5.10 Å². The maximum absolute atomic E-state index is 9.56. The van der Waals surface area contributed by atoms with Crippen molar-refractivity contribution in [3.05, 3.63) is 29.8 Å². The number of hydrogen-bond acceptors (Lipinski definition) is 4. The molecule has 0 saturated carbocycles. The summed E-state index contributed by atoms with van der Waals surface area (Å²) < 4.78 is 5.42. The Morgan fingerprint density at radius 3 is 3.06 bits per heavy atom. The van der Waals surface area contributed by atoms with E-state index >= 15 is 0 Å². The lowest BCUT2D eigenvalue weighted by Crippen LogP contribution is -2.37. The van der Waals surface area contributed by atoms with Gasteiger partial charge in [-0.25, -0.2) is 0 Å². The van der Waals surface area contributed by atoms with Gasteiger partial charge in [-0.05, 0) is 19.1 Å². The van der Waals surface area contributed by atoms with E-state index in [0.717, 1.165) is 18.7 Å². The summed E-state index contributed by atoms with van der Waals surface area (Å²) >= 11 is 0. The Kier molecular flexibility index (Phi) is 3.41. The van der Waals surface area contributed by atoms with E-state index < -0.39 is 0 Å². The highest BCUT2D eigenvalue weighted by Crippen LogP contribution is 2.13. The molecular formula is C12H16N2O2. The van der Waals surface area contributed by atoms with E-state index in [4.69, 9.17) is 4.74 Å². The van der Waals surface area contributed by atoms with Gasteiger partial charge in [0.05, 0.1) is 32.0 Å². The molecule has 1 aromatic carbocycles. The minimum absolute atomic E-state index is 0.218. The Balaban J connectivity index is 2.01. The van der Waals surface area contributed by atoms with Crippen LogP contribution < -0.4 is 0 Å². The van der Waals surface area contributed by atoms with Crippen molar-refractivity contribution >= 4 is 6.21 Å². The molecule has 1 aliphatic rings. The number of morpholine rings is 1. The SMILES string of the molecule is CC1CN(N=Cc2ccccc2O)CCO1. The quantitative estimate of drug-likeness (QED) is 0.767. The summed E-state index contributed by atoms with van der Waals surface area (Å²) in [6.45, 7) is 4.33. The molecule has 0 aliphatic carbocycles. The molecular weight excluding hydrogens is 204 g/mol. The first-order valence-electron chi connectivity index (χ1n) is 5.44. The van der Waals surface area contributed by atoms with Crippen LogP contribution in [0.3, 0.4) is 0 Å². The predicted octanol–water partition coefficient (Wildman–Crippen LogP) is 1.45. The van der Waals surface area contributed by atoms with E-state index in [9.17, 15) is 5.11 Å². The average Bonchev–Trinajstić information content (AvgIpc) is 2.28. The van der Waals surface area contributed by atoms with E-state index in [1.165, 1.54) is 0 Å². The average molecular weight is 220 g/mol. The smallest absolute Gasteiger partial charge is 0.124 e. The second kappa shape index (κ2) is 4.99. The molecule has 4 heteroatoms. The van der Waals surface area contributed by atoms with Gasteiger partial charge in [0.15, 0.2) is 0 Å². The number of phenols is 1. The lowest BCUT2D eigenvalue weighted by Gasteiger charge is -2.28. The monoisotopic (exact) mass is 220 g/mol. The van der Waals surface area contributed by atoms with Crippen molar-refractivity contribution in [1.82, 2.24) is 5.01 Å². The van der Waals surface area contributed by atoms with Gasteiger partial charge in [-0.15, -0.1) is 0 Å². The maximum Gasteiger partial charge on any atom is 0.124 e. The third-order valence-electron chi connectivity index (χ3n) is 2.52. The van der Waals surface area contributed by atoms with Crippen LogP contribution in [0.4, 0.5) is 0 Å². The fraction of sp³-hybridized carbons (Fsp3) is 0.417. The first-order valence-corrected chi connectivity index (χ1v) is 5.44. The van der Waals surface area contributed by atoms with Gasteiger partial charge >= 0.3 is 0 Å². The van der Waals surface area contributed by atoms with Gasteiger partial charge in [0.2, 0.25) is 0 Å². The summed E-state index contributed by atoms with van der Waals surface area (Å²) in [6.07, 6.45) is 1.91. The summed E-state index contributed by atoms with van der Waals surface area (Å²) in [6, 6.07) is 7.17. The second-order valence-corrected chi connectivity index (χ2v) is 3.90. The molecule has 0 radical (unpaired) electrons. The number of aromatic hydroxyl groups is 1. The Morgan fingerprint density at radius 2 is 2.31 bits per heavy atom. The standard InChI is InChI=1S/C12H16N2O2/c1-10-9-14(6-7-16-10)13-8-11-4-2-3-5-12(11)15/h2-5,8,10,15H,6-7,9H2,1H3. The first kappa shape index (κ1) is 11.0. The van der Waals surface area contributed by atoms with E-state index in [0.29, 0.717) is 6.61 Å². The number of rotatable bonds is 2. The fourth-order valence-electron chi connectivity index (χ4n) is 1.65. The van der Waals surface area contributed by atoms with Crippen LogP contribution in [-0.2, 0) is 4.74 Å². The number of ether oxygens (including phenoxy) is 1. The van der Waals surface area contributed by atoms with Crippen molar-refractivity contribution in [2.45, 2.75) is 13.0 Å². The topological polar surface area (TPSA) is 45.1 Å². The minimum Gasteiger partial charge on any atom is -0.507 e. The van der Waals surface area contributed by atoms with Crippen molar-refractivity contribution in [2.24, 2.45) is 5.10 Å². The molecule has 1 heterocycles. The molecule has 16 heavy (non-hydrogen) atoms. The minimum atomic E-state index is 0.218. The highest BCUT2D eigenvalue weighted by molar-refractivity contribution is 5.82. The van der Waals surface area contributed by atoms with Gasteiger partial charge in [0.25, 0.3) is 0 Å². The van der Waals surface area contributed by atoms with Crippen LogP contribution >= 0.6 is 0 Å². The van der Waals surface area contributed by atoms with Crippen molar-refractivity contribution < 1.29 is 9.84 Å². The van der Waals surface area contributed by atoms with Crippen molar-refractivity contribution in [3.8, 4) is 5.75 Å². The zero-order valence-corrected chi connectivity index (χ0v) is 9.34. The third-order valence-corrected chi connectivity index (χ3v) is 2.52. The van der Waals surface area contributed by atoms with Crippen molar-refractivity contribution in [2.75, 3.05) is 19.7 Å². The van der Waals surface area contributed by atoms with Gasteiger partial charge in [0.1, 0.15) is 5.75 Å².